The number of Topliss-reactive ketones (excluding diaryl/α,β-unsaturated/α-hetero) is 1. The second-order valence-corrected chi connectivity index (χ2v) is 9.96. The number of hydrogen-bond donors (Lipinski definition) is 1. The van der Waals surface area contributed by atoms with E-state index in [9.17, 15) is 14.7 Å². The summed E-state index contributed by atoms with van der Waals surface area (Å²) in [7, 11) is 1.45. The molecule has 1 atom stereocenters. The van der Waals surface area contributed by atoms with E-state index in [0.717, 1.165) is 35.5 Å². The maximum absolute atomic E-state index is 13.6. The zero-order valence-electron chi connectivity index (χ0n) is 22.6. The van der Waals surface area contributed by atoms with Gasteiger partial charge in [-0.1, -0.05) is 35.9 Å². The monoisotopic (exact) mass is 532 g/mol. The van der Waals surface area contributed by atoms with E-state index in [-0.39, 0.29) is 22.6 Å². The van der Waals surface area contributed by atoms with Crippen LogP contribution < -0.4 is 14.5 Å². The predicted octanol–water partition coefficient (Wildman–Crippen LogP) is 6.75. The van der Waals surface area contributed by atoms with Crippen LogP contribution in [0.2, 0.25) is 5.02 Å². The fraction of sp³-hybridized carbons (Fsp3) is 0.290. The first-order valence-corrected chi connectivity index (χ1v) is 13.1. The van der Waals surface area contributed by atoms with Gasteiger partial charge in [-0.2, -0.15) is 0 Å². The number of amides is 1. The van der Waals surface area contributed by atoms with Crippen molar-refractivity contribution in [2.24, 2.45) is 0 Å². The number of methoxy groups -OCH3 is 1. The van der Waals surface area contributed by atoms with Gasteiger partial charge in [-0.15, -0.1) is 0 Å². The molecule has 1 saturated heterocycles. The van der Waals surface area contributed by atoms with Crippen LogP contribution >= 0.6 is 11.6 Å². The Morgan fingerprint density at radius 1 is 0.974 bits per heavy atom. The molecule has 6 nitrogen and oxygen atoms in total. The van der Waals surface area contributed by atoms with Crippen molar-refractivity contribution in [2.45, 2.75) is 40.7 Å². The Morgan fingerprint density at radius 2 is 1.63 bits per heavy atom. The smallest absolute Gasteiger partial charge is 0.300 e. The van der Waals surface area contributed by atoms with E-state index in [1.54, 1.807) is 12.1 Å². The standard InChI is InChI=1S/C31H33ClN2O4/c1-7-33(8-2)22-13-11-21(12-14-22)27-26(28(35)23-15-19(4)16-24(32)30(23)38-6)29(36)31(37)34(27)25-17-18(3)9-10-20(25)5/h9-17,27,35H,7-8H2,1-6H3/b28-26+. The third-order valence-electron chi connectivity index (χ3n) is 7.05. The molecular weight excluding hydrogens is 500 g/mol. The lowest BCUT2D eigenvalue weighted by molar-refractivity contribution is -0.132. The van der Waals surface area contributed by atoms with E-state index in [4.69, 9.17) is 16.3 Å². The highest BCUT2D eigenvalue weighted by atomic mass is 35.5. The first-order chi connectivity index (χ1) is 18.1. The number of anilines is 2. The van der Waals surface area contributed by atoms with Gasteiger partial charge in [-0.25, -0.2) is 0 Å². The minimum absolute atomic E-state index is 0.00791. The van der Waals surface area contributed by atoms with E-state index < -0.39 is 17.7 Å². The van der Waals surface area contributed by atoms with Gasteiger partial charge in [-0.3, -0.25) is 14.5 Å². The molecule has 1 aliphatic heterocycles. The summed E-state index contributed by atoms with van der Waals surface area (Å²) in [5.74, 6) is -1.54. The maximum Gasteiger partial charge on any atom is 0.300 e. The van der Waals surface area contributed by atoms with Crippen LogP contribution in [0.25, 0.3) is 5.76 Å². The van der Waals surface area contributed by atoms with E-state index in [1.165, 1.54) is 12.0 Å². The third kappa shape index (κ3) is 4.76. The average molecular weight is 533 g/mol. The maximum atomic E-state index is 13.6. The summed E-state index contributed by atoms with van der Waals surface area (Å²) in [6.45, 7) is 11.6. The summed E-state index contributed by atoms with van der Waals surface area (Å²) >= 11 is 6.42. The van der Waals surface area contributed by atoms with Crippen LogP contribution in [0, 0.1) is 20.8 Å². The quantitative estimate of drug-likeness (QED) is 0.207. The number of ether oxygens (including phenoxy) is 1. The lowest BCUT2D eigenvalue weighted by Gasteiger charge is -2.28. The van der Waals surface area contributed by atoms with Crippen molar-refractivity contribution in [1.29, 1.82) is 0 Å². The Morgan fingerprint density at radius 3 is 2.24 bits per heavy atom. The van der Waals surface area contributed by atoms with E-state index in [2.05, 4.69) is 18.7 Å². The van der Waals surface area contributed by atoms with Gasteiger partial charge in [0.2, 0.25) is 0 Å². The predicted molar refractivity (Wildman–Crippen MR) is 153 cm³/mol. The van der Waals surface area contributed by atoms with Crippen molar-refractivity contribution in [3.05, 3.63) is 93.0 Å². The second-order valence-electron chi connectivity index (χ2n) is 9.55. The second kappa shape index (κ2) is 10.9. The number of carbonyl (C=O) groups excluding carboxylic acids is 2. The van der Waals surface area contributed by atoms with Gasteiger partial charge >= 0.3 is 0 Å². The summed E-state index contributed by atoms with van der Waals surface area (Å²) < 4.78 is 5.49. The van der Waals surface area contributed by atoms with Gasteiger partial charge in [0, 0.05) is 24.5 Å². The van der Waals surface area contributed by atoms with Gasteiger partial charge in [-0.05, 0) is 87.2 Å². The number of nitrogens with zero attached hydrogens (tertiary/aromatic N) is 2. The molecule has 3 aromatic rings. The van der Waals surface area contributed by atoms with Crippen molar-refractivity contribution >= 4 is 40.4 Å². The Balaban J connectivity index is 2.00. The van der Waals surface area contributed by atoms with Crippen molar-refractivity contribution in [1.82, 2.24) is 0 Å². The van der Waals surface area contributed by atoms with Crippen LogP contribution in [-0.4, -0.2) is 37.0 Å². The molecule has 1 aliphatic rings. The zero-order chi connectivity index (χ0) is 27.7. The molecule has 3 aromatic carbocycles. The van der Waals surface area contributed by atoms with Crippen LogP contribution in [0.5, 0.6) is 5.75 Å². The van der Waals surface area contributed by atoms with Gasteiger partial charge in [0.1, 0.15) is 11.5 Å². The molecule has 0 bridgehead atoms. The molecule has 0 aliphatic carbocycles. The Hall–Kier alpha value is -3.77. The number of carbonyl (C=O) groups is 2. The molecule has 198 valence electrons. The highest BCUT2D eigenvalue weighted by Crippen LogP contribution is 2.45. The highest BCUT2D eigenvalue weighted by molar-refractivity contribution is 6.52. The SMILES string of the molecule is CCN(CC)c1ccc(C2/C(=C(\O)c3cc(C)cc(Cl)c3OC)C(=O)C(=O)N2c2cc(C)ccc2C)cc1. The normalized spacial score (nSPS) is 16.7. The molecule has 4 rings (SSSR count). The number of rotatable bonds is 7. The van der Waals surface area contributed by atoms with Crippen LogP contribution in [0.1, 0.15) is 47.7 Å². The largest absolute Gasteiger partial charge is 0.507 e. The minimum atomic E-state index is -0.842. The number of ketones is 1. The number of hydrogen-bond acceptors (Lipinski definition) is 5. The number of aryl methyl sites for hydroxylation is 3. The highest BCUT2D eigenvalue weighted by Gasteiger charge is 2.47. The Bertz CT molecular complexity index is 1420. The molecule has 0 saturated carbocycles. The van der Waals surface area contributed by atoms with Crippen LogP contribution in [0.4, 0.5) is 11.4 Å². The lowest BCUT2D eigenvalue weighted by Crippen LogP contribution is -2.30. The summed E-state index contributed by atoms with van der Waals surface area (Å²) in [5, 5.41) is 11.9. The van der Waals surface area contributed by atoms with Crippen LogP contribution in [0.3, 0.4) is 0 Å². The van der Waals surface area contributed by atoms with E-state index >= 15 is 0 Å². The zero-order valence-corrected chi connectivity index (χ0v) is 23.4. The fourth-order valence-electron chi connectivity index (χ4n) is 5.09. The topological polar surface area (TPSA) is 70.1 Å². The molecule has 0 spiro atoms. The van der Waals surface area contributed by atoms with E-state index in [1.807, 2.05) is 63.2 Å². The molecule has 0 radical (unpaired) electrons. The molecule has 1 fully saturated rings. The fourth-order valence-corrected chi connectivity index (χ4v) is 5.44. The van der Waals surface area contributed by atoms with E-state index in [0.29, 0.717) is 16.3 Å². The van der Waals surface area contributed by atoms with Crippen molar-refractivity contribution < 1.29 is 19.4 Å². The van der Waals surface area contributed by atoms with Gasteiger partial charge in [0.15, 0.2) is 0 Å². The Labute approximate surface area is 229 Å². The molecule has 1 heterocycles. The number of benzene rings is 3. The number of aliphatic hydroxyl groups is 1. The van der Waals surface area contributed by atoms with Crippen molar-refractivity contribution in [2.75, 3.05) is 30.0 Å². The van der Waals surface area contributed by atoms with Crippen LogP contribution in [0.15, 0.2) is 60.2 Å². The minimum Gasteiger partial charge on any atom is -0.507 e. The molecule has 38 heavy (non-hydrogen) atoms. The first kappa shape index (κ1) is 27.3. The number of halogens is 1. The molecule has 1 amide bonds. The van der Waals surface area contributed by atoms with Crippen molar-refractivity contribution in [3.8, 4) is 5.75 Å². The Kier molecular flexibility index (Phi) is 7.83. The summed E-state index contributed by atoms with van der Waals surface area (Å²) in [4.78, 5) is 31.0. The summed E-state index contributed by atoms with van der Waals surface area (Å²) in [5.41, 5.74) is 5.20. The van der Waals surface area contributed by atoms with Gasteiger partial charge in [0.25, 0.3) is 11.7 Å². The molecule has 7 heteroatoms. The van der Waals surface area contributed by atoms with Crippen molar-refractivity contribution in [3.63, 3.8) is 0 Å². The molecule has 1 unspecified atom stereocenters. The molecule has 0 aromatic heterocycles. The first-order valence-electron chi connectivity index (χ1n) is 12.7. The average Bonchev–Trinajstić information content (AvgIpc) is 3.16. The summed E-state index contributed by atoms with van der Waals surface area (Å²) in [6, 6.07) is 16.1. The van der Waals surface area contributed by atoms with Gasteiger partial charge in [0.05, 0.1) is 29.3 Å². The number of aliphatic hydroxyl groups excluding tert-OH is 1. The molecular formula is C31H33ClN2O4. The third-order valence-corrected chi connectivity index (χ3v) is 7.33. The van der Waals surface area contributed by atoms with Gasteiger partial charge < -0.3 is 14.7 Å². The lowest BCUT2D eigenvalue weighted by atomic mass is 9.93. The molecule has 1 N–H and O–H groups in total. The summed E-state index contributed by atoms with van der Waals surface area (Å²) in [6.07, 6.45) is 0. The van der Waals surface area contributed by atoms with Crippen LogP contribution in [-0.2, 0) is 9.59 Å².